The van der Waals surface area contributed by atoms with Crippen molar-refractivity contribution in [3.05, 3.63) is 59.1 Å². The SMILES string of the molecule is CC(c1nc2ccccc2s1)N(C)C(=O)C1CC(=O)N(c2ccc(F)cc2F)C1. The van der Waals surface area contributed by atoms with Crippen LogP contribution in [0.1, 0.15) is 24.4 Å². The maximum Gasteiger partial charge on any atom is 0.228 e. The first-order valence-corrected chi connectivity index (χ1v) is 10.0. The summed E-state index contributed by atoms with van der Waals surface area (Å²) in [4.78, 5) is 32.8. The van der Waals surface area contributed by atoms with Gasteiger partial charge in [0.1, 0.15) is 16.6 Å². The molecule has 1 aromatic heterocycles. The monoisotopic (exact) mass is 415 g/mol. The Hall–Kier alpha value is -2.87. The fraction of sp³-hybridized carbons (Fsp3) is 0.286. The van der Waals surface area contributed by atoms with Gasteiger partial charge < -0.3 is 9.80 Å². The van der Waals surface area contributed by atoms with E-state index in [0.717, 1.165) is 27.4 Å². The summed E-state index contributed by atoms with van der Waals surface area (Å²) in [5.74, 6) is -2.67. The van der Waals surface area contributed by atoms with Crippen molar-refractivity contribution in [1.82, 2.24) is 9.88 Å². The summed E-state index contributed by atoms with van der Waals surface area (Å²) in [6.07, 6.45) is -0.00739. The van der Waals surface area contributed by atoms with Crippen molar-refractivity contribution in [2.24, 2.45) is 5.92 Å². The molecular weight excluding hydrogens is 396 g/mol. The van der Waals surface area contributed by atoms with Crippen molar-refractivity contribution in [3.63, 3.8) is 0 Å². The number of aromatic nitrogens is 1. The van der Waals surface area contributed by atoms with Gasteiger partial charge in [-0.15, -0.1) is 11.3 Å². The molecule has 2 atom stereocenters. The maximum absolute atomic E-state index is 14.1. The predicted octanol–water partition coefficient (Wildman–Crippen LogP) is 4.15. The minimum atomic E-state index is -0.817. The number of para-hydroxylation sites is 1. The van der Waals surface area contributed by atoms with Gasteiger partial charge in [-0.3, -0.25) is 9.59 Å². The minimum Gasteiger partial charge on any atom is -0.336 e. The topological polar surface area (TPSA) is 53.5 Å². The summed E-state index contributed by atoms with van der Waals surface area (Å²) < 4.78 is 28.3. The highest BCUT2D eigenvalue weighted by Crippen LogP contribution is 2.32. The van der Waals surface area contributed by atoms with Crippen molar-refractivity contribution in [2.75, 3.05) is 18.5 Å². The van der Waals surface area contributed by atoms with E-state index >= 15 is 0 Å². The number of fused-ring (bicyclic) bond motifs is 1. The van der Waals surface area contributed by atoms with Gasteiger partial charge >= 0.3 is 0 Å². The highest BCUT2D eigenvalue weighted by atomic mass is 32.1. The number of hydrogen-bond donors (Lipinski definition) is 0. The van der Waals surface area contributed by atoms with E-state index in [4.69, 9.17) is 0 Å². The number of carbonyl (C=O) groups excluding carboxylic acids is 2. The summed E-state index contributed by atoms with van der Waals surface area (Å²) in [5, 5.41) is 0.813. The molecular formula is C21H19F2N3O2S. The van der Waals surface area contributed by atoms with Crippen LogP contribution in [0.25, 0.3) is 10.2 Å². The zero-order valence-corrected chi connectivity index (χ0v) is 16.7. The molecule has 0 bridgehead atoms. The third-order valence-corrected chi connectivity index (χ3v) is 6.48. The first kappa shape index (κ1) is 19.4. The Morgan fingerprint density at radius 2 is 2.03 bits per heavy atom. The molecule has 1 fully saturated rings. The number of nitrogens with zero attached hydrogens (tertiary/aromatic N) is 3. The Labute approximate surface area is 170 Å². The number of anilines is 1. The molecule has 3 aromatic rings. The zero-order chi connectivity index (χ0) is 20.7. The van der Waals surface area contributed by atoms with E-state index in [2.05, 4.69) is 4.98 Å². The lowest BCUT2D eigenvalue weighted by molar-refractivity contribution is -0.136. The molecule has 29 heavy (non-hydrogen) atoms. The third kappa shape index (κ3) is 3.60. The molecule has 0 saturated carbocycles. The summed E-state index contributed by atoms with van der Waals surface area (Å²) in [7, 11) is 1.69. The first-order chi connectivity index (χ1) is 13.8. The van der Waals surface area contributed by atoms with Crippen LogP contribution in [0.4, 0.5) is 14.5 Å². The molecule has 1 aliphatic heterocycles. The molecule has 2 unspecified atom stereocenters. The van der Waals surface area contributed by atoms with E-state index < -0.39 is 17.6 Å². The summed E-state index contributed by atoms with van der Waals surface area (Å²) in [5.41, 5.74) is 0.878. The fourth-order valence-electron chi connectivity index (χ4n) is 3.52. The van der Waals surface area contributed by atoms with Gasteiger partial charge in [-0.25, -0.2) is 13.8 Å². The van der Waals surface area contributed by atoms with E-state index in [1.54, 1.807) is 11.9 Å². The smallest absolute Gasteiger partial charge is 0.228 e. The lowest BCUT2D eigenvalue weighted by Gasteiger charge is -2.26. The summed E-state index contributed by atoms with van der Waals surface area (Å²) in [6, 6.07) is 10.6. The van der Waals surface area contributed by atoms with Gasteiger partial charge in [-0.1, -0.05) is 12.1 Å². The quantitative estimate of drug-likeness (QED) is 0.643. The van der Waals surface area contributed by atoms with Crippen LogP contribution in [-0.2, 0) is 9.59 Å². The molecule has 150 valence electrons. The number of carbonyl (C=O) groups is 2. The number of amides is 2. The van der Waals surface area contributed by atoms with Crippen molar-refractivity contribution < 1.29 is 18.4 Å². The normalized spacial score (nSPS) is 17.7. The molecule has 5 nitrogen and oxygen atoms in total. The predicted molar refractivity (Wildman–Crippen MR) is 108 cm³/mol. The minimum absolute atomic E-state index is 0.00595. The second kappa shape index (κ2) is 7.51. The molecule has 1 aliphatic rings. The largest absolute Gasteiger partial charge is 0.336 e. The van der Waals surface area contributed by atoms with Crippen LogP contribution in [0.3, 0.4) is 0 Å². The van der Waals surface area contributed by atoms with Crippen LogP contribution >= 0.6 is 11.3 Å². The van der Waals surface area contributed by atoms with Gasteiger partial charge in [0.2, 0.25) is 11.8 Å². The van der Waals surface area contributed by atoms with E-state index in [1.807, 2.05) is 31.2 Å². The lowest BCUT2D eigenvalue weighted by Crippen LogP contribution is -2.36. The lowest BCUT2D eigenvalue weighted by atomic mass is 10.1. The van der Waals surface area contributed by atoms with E-state index in [0.29, 0.717) is 0 Å². The summed E-state index contributed by atoms with van der Waals surface area (Å²) >= 11 is 1.53. The summed E-state index contributed by atoms with van der Waals surface area (Å²) in [6.45, 7) is 1.96. The van der Waals surface area contributed by atoms with Crippen LogP contribution in [0.2, 0.25) is 0 Å². The first-order valence-electron chi connectivity index (χ1n) is 9.22. The number of thiazole rings is 1. The maximum atomic E-state index is 14.1. The molecule has 0 spiro atoms. The Morgan fingerprint density at radius 3 is 2.76 bits per heavy atom. The zero-order valence-electron chi connectivity index (χ0n) is 15.9. The van der Waals surface area contributed by atoms with Gasteiger partial charge in [0.05, 0.1) is 27.9 Å². The molecule has 0 aliphatic carbocycles. The second-order valence-electron chi connectivity index (χ2n) is 7.15. The number of hydrogen-bond acceptors (Lipinski definition) is 4. The number of halogens is 2. The number of benzene rings is 2. The fourth-order valence-corrected chi connectivity index (χ4v) is 4.58. The molecule has 2 amide bonds. The molecule has 2 heterocycles. The molecule has 1 saturated heterocycles. The molecule has 0 radical (unpaired) electrons. The molecule has 4 rings (SSSR count). The van der Waals surface area contributed by atoms with Gasteiger partial charge in [0.25, 0.3) is 0 Å². The van der Waals surface area contributed by atoms with Crippen molar-refractivity contribution in [3.8, 4) is 0 Å². The van der Waals surface area contributed by atoms with Crippen LogP contribution in [0.15, 0.2) is 42.5 Å². The Morgan fingerprint density at radius 1 is 1.28 bits per heavy atom. The van der Waals surface area contributed by atoms with Crippen LogP contribution in [0, 0.1) is 17.6 Å². The molecule has 0 N–H and O–H groups in total. The average molecular weight is 415 g/mol. The van der Waals surface area contributed by atoms with Gasteiger partial charge in [-0.05, 0) is 31.2 Å². The van der Waals surface area contributed by atoms with E-state index in [-0.39, 0.29) is 36.5 Å². The molecule has 8 heteroatoms. The molecule has 2 aromatic carbocycles. The van der Waals surface area contributed by atoms with E-state index in [1.165, 1.54) is 22.3 Å². The standard InChI is InChI=1S/C21H19F2N3O2S/c1-12(20-24-16-5-3-4-6-18(16)29-20)25(2)21(28)13-9-19(27)26(11-13)17-8-7-14(22)10-15(17)23/h3-8,10,12-13H,9,11H2,1-2H3. The van der Waals surface area contributed by atoms with Crippen LogP contribution < -0.4 is 4.90 Å². The van der Waals surface area contributed by atoms with Gasteiger partial charge in [0, 0.05) is 26.1 Å². The second-order valence-corrected chi connectivity index (χ2v) is 8.21. The Balaban J connectivity index is 1.51. The van der Waals surface area contributed by atoms with Gasteiger partial charge in [0.15, 0.2) is 0 Å². The average Bonchev–Trinajstić information content (AvgIpc) is 3.30. The number of rotatable bonds is 4. The van der Waals surface area contributed by atoms with Crippen LogP contribution in [0.5, 0.6) is 0 Å². The Kier molecular flexibility index (Phi) is 5.04. The van der Waals surface area contributed by atoms with Crippen molar-refractivity contribution in [2.45, 2.75) is 19.4 Å². The van der Waals surface area contributed by atoms with Gasteiger partial charge in [-0.2, -0.15) is 0 Å². The van der Waals surface area contributed by atoms with Crippen molar-refractivity contribution in [1.29, 1.82) is 0 Å². The van der Waals surface area contributed by atoms with Crippen LogP contribution in [-0.4, -0.2) is 35.3 Å². The Bertz CT molecular complexity index is 1070. The highest BCUT2D eigenvalue weighted by Gasteiger charge is 2.38. The van der Waals surface area contributed by atoms with Crippen molar-refractivity contribution >= 4 is 39.1 Å². The third-order valence-electron chi connectivity index (χ3n) is 5.27. The highest BCUT2D eigenvalue weighted by molar-refractivity contribution is 7.18. The van der Waals surface area contributed by atoms with E-state index in [9.17, 15) is 18.4 Å².